The number of hydrogen-bond donors (Lipinski definition) is 2. The fourth-order valence-corrected chi connectivity index (χ4v) is 4.12. The maximum atomic E-state index is 11.6. The number of carbonyl (C=O) groups is 1. The molecule has 0 aromatic carbocycles. The normalized spacial score (nSPS) is 27.4. The molecule has 1 fully saturated rings. The molecule has 3 nitrogen and oxygen atoms in total. The Morgan fingerprint density at radius 1 is 1.56 bits per heavy atom. The first kappa shape index (κ1) is 13.8. The second kappa shape index (κ2) is 7.17. The molecule has 1 amide bonds. The third kappa shape index (κ3) is 4.34. The Bertz CT molecular complexity index is 223. The Labute approximate surface area is 103 Å². The van der Waals surface area contributed by atoms with Crippen LogP contribution in [0, 0.1) is 5.92 Å². The molecule has 94 valence electrons. The molecular weight excluding hydrogens is 220 g/mol. The van der Waals surface area contributed by atoms with Gasteiger partial charge in [-0.15, -0.1) is 11.8 Å². The van der Waals surface area contributed by atoms with E-state index in [4.69, 9.17) is 5.84 Å². The molecule has 1 saturated carbocycles. The Hall–Kier alpha value is -0.220. The van der Waals surface area contributed by atoms with Crippen LogP contribution in [0.2, 0.25) is 0 Å². The van der Waals surface area contributed by atoms with Gasteiger partial charge in [0.05, 0.1) is 5.25 Å². The Morgan fingerprint density at radius 3 is 2.88 bits per heavy atom. The average molecular weight is 244 g/mol. The van der Waals surface area contributed by atoms with Crippen molar-refractivity contribution in [3.05, 3.63) is 0 Å². The lowest BCUT2D eigenvalue weighted by Crippen LogP contribution is -2.38. The molecule has 0 heterocycles. The number of rotatable bonds is 5. The van der Waals surface area contributed by atoms with E-state index < -0.39 is 0 Å². The van der Waals surface area contributed by atoms with Crippen LogP contribution < -0.4 is 11.3 Å². The van der Waals surface area contributed by atoms with Crippen LogP contribution >= 0.6 is 11.8 Å². The molecule has 0 radical (unpaired) electrons. The monoisotopic (exact) mass is 244 g/mol. The summed E-state index contributed by atoms with van der Waals surface area (Å²) in [5, 5.41) is 0.697. The zero-order valence-electron chi connectivity index (χ0n) is 10.4. The highest BCUT2D eigenvalue weighted by molar-refractivity contribution is 8.01. The van der Waals surface area contributed by atoms with E-state index in [9.17, 15) is 4.79 Å². The number of hydrogen-bond acceptors (Lipinski definition) is 3. The van der Waals surface area contributed by atoms with Crippen molar-refractivity contribution in [3.8, 4) is 0 Å². The van der Waals surface area contributed by atoms with Gasteiger partial charge in [0.2, 0.25) is 5.91 Å². The highest BCUT2D eigenvalue weighted by atomic mass is 32.2. The van der Waals surface area contributed by atoms with E-state index in [-0.39, 0.29) is 11.2 Å². The van der Waals surface area contributed by atoms with Gasteiger partial charge in [0, 0.05) is 5.25 Å². The van der Waals surface area contributed by atoms with Gasteiger partial charge in [0.25, 0.3) is 0 Å². The lowest BCUT2D eigenvalue weighted by molar-refractivity contribution is -0.120. The Morgan fingerprint density at radius 2 is 2.31 bits per heavy atom. The van der Waals surface area contributed by atoms with Gasteiger partial charge in [-0.25, -0.2) is 5.84 Å². The highest BCUT2D eigenvalue weighted by Crippen LogP contribution is 2.35. The summed E-state index contributed by atoms with van der Waals surface area (Å²) >= 11 is 1.83. The van der Waals surface area contributed by atoms with E-state index in [0.29, 0.717) is 5.25 Å². The first-order chi connectivity index (χ1) is 7.67. The van der Waals surface area contributed by atoms with Gasteiger partial charge in [0.15, 0.2) is 0 Å². The molecule has 4 heteroatoms. The topological polar surface area (TPSA) is 55.1 Å². The van der Waals surface area contributed by atoms with Gasteiger partial charge < -0.3 is 0 Å². The predicted molar refractivity (Wildman–Crippen MR) is 70.0 cm³/mol. The molecule has 0 bridgehead atoms. The number of nitrogens with one attached hydrogen (secondary N) is 1. The number of amides is 1. The van der Waals surface area contributed by atoms with E-state index in [1.165, 1.54) is 25.7 Å². The van der Waals surface area contributed by atoms with E-state index in [0.717, 1.165) is 18.8 Å². The fraction of sp³-hybridized carbons (Fsp3) is 0.917. The first-order valence-corrected chi connectivity index (χ1v) is 7.27. The van der Waals surface area contributed by atoms with Crippen molar-refractivity contribution in [1.29, 1.82) is 0 Å². The zero-order chi connectivity index (χ0) is 12.0. The summed E-state index contributed by atoms with van der Waals surface area (Å²) in [6, 6.07) is 0. The lowest BCUT2D eigenvalue weighted by atomic mass is 9.91. The van der Waals surface area contributed by atoms with Crippen molar-refractivity contribution in [2.75, 3.05) is 0 Å². The number of nitrogens with two attached hydrogens (primary N) is 1. The Kier molecular flexibility index (Phi) is 6.21. The summed E-state index contributed by atoms with van der Waals surface area (Å²) in [5.41, 5.74) is 2.29. The van der Waals surface area contributed by atoms with Gasteiger partial charge in [-0.1, -0.05) is 33.1 Å². The molecule has 1 aliphatic carbocycles. The summed E-state index contributed by atoms with van der Waals surface area (Å²) < 4.78 is 0. The van der Waals surface area contributed by atoms with Gasteiger partial charge >= 0.3 is 0 Å². The molecule has 3 unspecified atom stereocenters. The van der Waals surface area contributed by atoms with Crippen LogP contribution in [0.25, 0.3) is 0 Å². The average Bonchev–Trinajstić information content (AvgIpc) is 2.27. The first-order valence-electron chi connectivity index (χ1n) is 6.33. The maximum absolute atomic E-state index is 11.6. The van der Waals surface area contributed by atoms with E-state index in [2.05, 4.69) is 19.3 Å². The number of hydrazine groups is 1. The SMILES string of the molecule is CCCC(SC1CCCC(C)C1)C(=O)NN. The summed E-state index contributed by atoms with van der Waals surface area (Å²) in [5.74, 6) is 6.03. The fourth-order valence-electron chi connectivity index (χ4n) is 2.35. The van der Waals surface area contributed by atoms with Crippen molar-refractivity contribution in [3.63, 3.8) is 0 Å². The minimum atomic E-state index is -0.00919. The molecule has 0 aromatic rings. The number of thioether (sulfide) groups is 1. The van der Waals surface area contributed by atoms with Crippen molar-refractivity contribution >= 4 is 17.7 Å². The molecule has 0 aliphatic heterocycles. The molecule has 16 heavy (non-hydrogen) atoms. The largest absolute Gasteiger partial charge is 0.293 e. The van der Waals surface area contributed by atoms with Crippen LogP contribution in [0.5, 0.6) is 0 Å². The summed E-state index contributed by atoms with van der Waals surface area (Å²) in [7, 11) is 0. The minimum Gasteiger partial charge on any atom is -0.293 e. The molecule has 0 saturated heterocycles. The van der Waals surface area contributed by atoms with Crippen LogP contribution in [0.15, 0.2) is 0 Å². The smallest absolute Gasteiger partial charge is 0.246 e. The quantitative estimate of drug-likeness (QED) is 0.444. The van der Waals surface area contributed by atoms with Crippen LogP contribution in [-0.4, -0.2) is 16.4 Å². The van der Waals surface area contributed by atoms with Crippen LogP contribution in [0.4, 0.5) is 0 Å². The van der Waals surface area contributed by atoms with Gasteiger partial charge in [-0.3, -0.25) is 10.2 Å². The highest BCUT2D eigenvalue weighted by Gasteiger charge is 2.25. The molecule has 1 aliphatic rings. The zero-order valence-corrected chi connectivity index (χ0v) is 11.2. The Balaban J connectivity index is 2.43. The molecule has 1 rings (SSSR count). The second-order valence-corrected chi connectivity index (χ2v) is 6.32. The van der Waals surface area contributed by atoms with E-state index in [1.54, 1.807) is 0 Å². The van der Waals surface area contributed by atoms with Crippen molar-refractivity contribution in [2.45, 2.75) is 62.9 Å². The molecule has 3 atom stereocenters. The predicted octanol–water partition coefficient (Wildman–Crippen LogP) is 2.46. The van der Waals surface area contributed by atoms with Crippen molar-refractivity contribution < 1.29 is 4.79 Å². The van der Waals surface area contributed by atoms with Crippen molar-refractivity contribution in [2.24, 2.45) is 11.8 Å². The van der Waals surface area contributed by atoms with Crippen LogP contribution in [0.1, 0.15) is 52.4 Å². The van der Waals surface area contributed by atoms with Crippen LogP contribution in [-0.2, 0) is 4.79 Å². The standard InChI is InChI=1S/C12H24N2OS/c1-3-5-11(12(15)14-13)16-10-7-4-6-9(2)8-10/h9-11H,3-8,13H2,1-2H3,(H,14,15). The van der Waals surface area contributed by atoms with E-state index in [1.807, 2.05) is 11.8 Å². The molecule has 3 N–H and O–H groups in total. The van der Waals surface area contributed by atoms with Gasteiger partial charge in [0.1, 0.15) is 0 Å². The minimum absolute atomic E-state index is 0.00919. The second-order valence-electron chi connectivity index (χ2n) is 4.82. The molecule has 0 aromatic heterocycles. The number of carbonyl (C=O) groups excluding carboxylic acids is 1. The third-order valence-electron chi connectivity index (χ3n) is 3.23. The van der Waals surface area contributed by atoms with E-state index >= 15 is 0 Å². The van der Waals surface area contributed by atoms with Crippen molar-refractivity contribution in [1.82, 2.24) is 5.43 Å². The summed E-state index contributed by atoms with van der Waals surface area (Å²) in [6.45, 7) is 4.42. The maximum Gasteiger partial charge on any atom is 0.246 e. The summed E-state index contributed by atoms with van der Waals surface area (Å²) in [4.78, 5) is 11.6. The van der Waals surface area contributed by atoms with Crippen LogP contribution in [0.3, 0.4) is 0 Å². The molecule has 0 spiro atoms. The van der Waals surface area contributed by atoms with Gasteiger partial charge in [-0.2, -0.15) is 0 Å². The van der Waals surface area contributed by atoms with Gasteiger partial charge in [-0.05, 0) is 25.2 Å². The lowest BCUT2D eigenvalue weighted by Gasteiger charge is -2.28. The third-order valence-corrected chi connectivity index (χ3v) is 4.82. The molecular formula is C12H24N2OS. The summed E-state index contributed by atoms with van der Waals surface area (Å²) in [6.07, 6.45) is 7.13.